The second-order valence-corrected chi connectivity index (χ2v) is 9.21. The van der Waals surface area contributed by atoms with Gasteiger partial charge in [0, 0.05) is 11.3 Å². The molecule has 0 aliphatic carbocycles. The first-order valence-electron chi connectivity index (χ1n) is 12.4. The van der Waals surface area contributed by atoms with Gasteiger partial charge in [-0.2, -0.15) is 0 Å². The van der Waals surface area contributed by atoms with Gasteiger partial charge in [-0.1, -0.05) is 133 Å². The summed E-state index contributed by atoms with van der Waals surface area (Å²) in [5, 5.41) is 1.97. The van der Waals surface area contributed by atoms with E-state index < -0.39 is 5.54 Å². The molecule has 0 saturated heterocycles. The molecule has 0 saturated carbocycles. The highest BCUT2D eigenvalue weighted by Gasteiger charge is 2.40. The largest absolute Gasteiger partial charge is 0.316 e. The molecule has 0 aliphatic rings. The lowest BCUT2D eigenvalue weighted by molar-refractivity contribution is 0.103. The second kappa shape index (κ2) is 9.36. The molecule has 0 bridgehead atoms. The van der Waals surface area contributed by atoms with Crippen molar-refractivity contribution in [3.8, 4) is 0 Å². The third-order valence-electron chi connectivity index (χ3n) is 7.19. The Morgan fingerprint density at radius 2 is 1.11 bits per heavy atom. The predicted molar refractivity (Wildman–Crippen MR) is 149 cm³/mol. The van der Waals surface area contributed by atoms with Crippen LogP contribution in [0.25, 0.3) is 10.8 Å². The standard InChI is InChI=1S/C34H26N2O/c1-25-32(33(37)31-23-13-15-26-14-11-12-22-30(26)31)35-24-36(25)34(27-16-5-2-6-17-27,28-18-7-3-8-19-28)29-20-9-4-10-21-29/h2-24H,1H3. The third-order valence-corrected chi connectivity index (χ3v) is 7.19. The van der Waals surface area contributed by atoms with Crippen LogP contribution >= 0.6 is 0 Å². The van der Waals surface area contributed by atoms with Crippen molar-refractivity contribution in [1.82, 2.24) is 9.55 Å². The summed E-state index contributed by atoms with van der Waals surface area (Å²) in [6.45, 7) is 1.99. The Morgan fingerprint density at radius 3 is 1.68 bits per heavy atom. The molecule has 178 valence electrons. The monoisotopic (exact) mass is 478 g/mol. The Labute approximate surface area is 216 Å². The van der Waals surface area contributed by atoms with Crippen LogP contribution in [0.2, 0.25) is 0 Å². The van der Waals surface area contributed by atoms with Crippen LogP contribution in [0.1, 0.15) is 38.4 Å². The summed E-state index contributed by atoms with van der Waals surface area (Å²) in [4.78, 5) is 18.7. The van der Waals surface area contributed by atoms with Gasteiger partial charge in [-0.05, 0) is 34.4 Å². The molecule has 0 fully saturated rings. The topological polar surface area (TPSA) is 34.9 Å². The molecule has 0 radical (unpaired) electrons. The van der Waals surface area contributed by atoms with Crippen molar-refractivity contribution < 1.29 is 4.79 Å². The minimum atomic E-state index is -0.710. The van der Waals surface area contributed by atoms with Crippen LogP contribution in [-0.4, -0.2) is 15.3 Å². The first-order valence-corrected chi connectivity index (χ1v) is 12.4. The van der Waals surface area contributed by atoms with Crippen molar-refractivity contribution in [3.63, 3.8) is 0 Å². The van der Waals surface area contributed by atoms with Gasteiger partial charge in [0.2, 0.25) is 5.78 Å². The number of carbonyl (C=O) groups is 1. The molecule has 5 aromatic carbocycles. The van der Waals surface area contributed by atoms with Crippen molar-refractivity contribution in [2.24, 2.45) is 0 Å². The van der Waals surface area contributed by atoms with Crippen LogP contribution in [-0.2, 0) is 5.54 Å². The Bertz CT molecular complexity index is 1580. The highest BCUT2D eigenvalue weighted by molar-refractivity contribution is 6.16. The molecule has 1 heterocycles. The molecule has 0 unspecified atom stereocenters. The molecular formula is C34H26N2O. The van der Waals surface area contributed by atoms with Gasteiger partial charge in [0.05, 0.1) is 6.33 Å². The zero-order chi connectivity index (χ0) is 25.2. The zero-order valence-corrected chi connectivity index (χ0v) is 20.6. The Balaban J connectivity index is 1.62. The number of hydrogen-bond acceptors (Lipinski definition) is 2. The van der Waals surface area contributed by atoms with Crippen molar-refractivity contribution >= 4 is 16.6 Å². The van der Waals surface area contributed by atoms with E-state index in [4.69, 9.17) is 4.98 Å². The van der Waals surface area contributed by atoms with Crippen LogP contribution in [0.15, 0.2) is 140 Å². The minimum absolute atomic E-state index is 0.0730. The molecule has 6 aromatic rings. The summed E-state index contributed by atoms with van der Waals surface area (Å²) in [5.74, 6) is -0.0730. The fourth-order valence-electron chi connectivity index (χ4n) is 5.48. The lowest BCUT2D eigenvalue weighted by Gasteiger charge is -2.38. The highest BCUT2D eigenvalue weighted by Crippen LogP contribution is 2.42. The van der Waals surface area contributed by atoms with Crippen LogP contribution in [0.5, 0.6) is 0 Å². The third kappa shape index (κ3) is 3.68. The molecule has 0 atom stereocenters. The molecule has 0 spiro atoms. The number of benzene rings is 5. The van der Waals surface area contributed by atoms with Crippen LogP contribution in [0, 0.1) is 6.92 Å². The smallest absolute Gasteiger partial charge is 0.213 e. The van der Waals surface area contributed by atoms with E-state index in [1.165, 1.54) is 0 Å². The number of hydrogen-bond donors (Lipinski definition) is 0. The number of nitrogens with zero attached hydrogens (tertiary/aromatic N) is 2. The van der Waals surface area contributed by atoms with Gasteiger partial charge < -0.3 is 4.57 Å². The average Bonchev–Trinajstić information content (AvgIpc) is 3.36. The average molecular weight is 479 g/mol. The normalized spacial score (nSPS) is 11.5. The summed E-state index contributed by atoms with van der Waals surface area (Å²) >= 11 is 0. The minimum Gasteiger partial charge on any atom is -0.316 e. The zero-order valence-electron chi connectivity index (χ0n) is 20.6. The molecule has 1 aromatic heterocycles. The van der Waals surface area contributed by atoms with Crippen LogP contribution < -0.4 is 0 Å². The number of fused-ring (bicyclic) bond motifs is 1. The second-order valence-electron chi connectivity index (χ2n) is 9.21. The maximum absolute atomic E-state index is 14.0. The molecule has 0 amide bonds. The molecule has 0 aliphatic heterocycles. The molecule has 3 nitrogen and oxygen atoms in total. The van der Waals surface area contributed by atoms with Gasteiger partial charge in [-0.25, -0.2) is 4.98 Å². The lowest BCUT2D eigenvalue weighted by atomic mass is 9.76. The van der Waals surface area contributed by atoms with E-state index in [-0.39, 0.29) is 5.78 Å². The fraction of sp³-hybridized carbons (Fsp3) is 0.0588. The molecule has 37 heavy (non-hydrogen) atoms. The molecule has 3 heteroatoms. The van der Waals surface area contributed by atoms with Crippen molar-refractivity contribution in [2.75, 3.05) is 0 Å². The molecule has 6 rings (SSSR count). The van der Waals surface area contributed by atoms with Gasteiger partial charge in [0.1, 0.15) is 11.2 Å². The van der Waals surface area contributed by atoms with E-state index in [1.807, 2.05) is 73.9 Å². The Kier molecular flexibility index (Phi) is 5.74. The summed E-state index contributed by atoms with van der Waals surface area (Å²) in [7, 11) is 0. The number of carbonyl (C=O) groups excluding carboxylic acids is 1. The Morgan fingerprint density at radius 1 is 0.622 bits per heavy atom. The van der Waals surface area contributed by atoms with Crippen molar-refractivity contribution in [2.45, 2.75) is 12.5 Å². The van der Waals surface area contributed by atoms with E-state index >= 15 is 0 Å². The number of aromatic nitrogens is 2. The van der Waals surface area contributed by atoms with E-state index in [9.17, 15) is 4.79 Å². The van der Waals surface area contributed by atoms with Gasteiger partial charge in [0.25, 0.3) is 0 Å². The van der Waals surface area contributed by atoms with E-state index in [2.05, 4.69) is 77.4 Å². The van der Waals surface area contributed by atoms with Gasteiger partial charge in [-0.15, -0.1) is 0 Å². The lowest BCUT2D eigenvalue weighted by Crippen LogP contribution is -2.38. The summed E-state index contributed by atoms with van der Waals surface area (Å²) in [6.07, 6.45) is 1.82. The van der Waals surface area contributed by atoms with Crippen molar-refractivity contribution in [3.05, 3.63) is 173 Å². The molecular weight excluding hydrogens is 452 g/mol. The van der Waals surface area contributed by atoms with Gasteiger partial charge >= 0.3 is 0 Å². The summed E-state index contributed by atoms with van der Waals surface area (Å²) in [5.41, 5.74) is 4.51. The van der Waals surface area contributed by atoms with Gasteiger partial charge in [-0.3, -0.25) is 4.79 Å². The maximum atomic E-state index is 14.0. The Hall–Kier alpha value is -4.76. The fourth-order valence-corrected chi connectivity index (χ4v) is 5.48. The van der Waals surface area contributed by atoms with Crippen LogP contribution in [0.4, 0.5) is 0 Å². The quantitative estimate of drug-likeness (QED) is 0.184. The van der Waals surface area contributed by atoms with E-state index in [0.29, 0.717) is 11.3 Å². The van der Waals surface area contributed by atoms with Crippen LogP contribution in [0.3, 0.4) is 0 Å². The summed E-state index contributed by atoms with van der Waals surface area (Å²) < 4.78 is 2.16. The number of ketones is 1. The van der Waals surface area contributed by atoms with E-state index in [0.717, 1.165) is 33.2 Å². The number of imidazole rings is 1. The van der Waals surface area contributed by atoms with E-state index in [1.54, 1.807) is 0 Å². The predicted octanol–water partition coefficient (Wildman–Crippen LogP) is 7.42. The van der Waals surface area contributed by atoms with Gasteiger partial charge in [0.15, 0.2) is 0 Å². The molecule has 0 N–H and O–H groups in total. The first kappa shape index (κ1) is 22.7. The first-order chi connectivity index (χ1) is 18.2. The SMILES string of the molecule is Cc1c(C(=O)c2cccc3ccccc23)ncn1C(c1ccccc1)(c1ccccc1)c1ccccc1. The van der Waals surface area contributed by atoms with Crippen molar-refractivity contribution in [1.29, 1.82) is 0 Å². The number of rotatable bonds is 6. The highest BCUT2D eigenvalue weighted by atomic mass is 16.1. The maximum Gasteiger partial charge on any atom is 0.213 e. The summed E-state index contributed by atoms with van der Waals surface area (Å²) in [6, 6.07) is 45.2.